The van der Waals surface area contributed by atoms with Crippen LogP contribution in [-0.4, -0.2) is 37.0 Å². The predicted octanol–water partition coefficient (Wildman–Crippen LogP) is 7.67. The van der Waals surface area contributed by atoms with E-state index < -0.39 is 35.0 Å². The molecule has 0 bridgehead atoms. The Labute approximate surface area is 215 Å². The van der Waals surface area contributed by atoms with Gasteiger partial charge >= 0.3 is 12.4 Å². The highest BCUT2D eigenvalue weighted by Crippen LogP contribution is 2.36. The van der Waals surface area contributed by atoms with Gasteiger partial charge in [-0.2, -0.15) is 26.3 Å². The Balaban J connectivity index is 1.80. The summed E-state index contributed by atoms with van der Waals surface area (Å²) >= 11 is 12.2. The van der Waals surface area contributed by atoms with Gasteiger partial charge < -0.3 is 10.2 Å². The van der Waals surface area contributed by atoms with E-state index in [9.17, 15) is 31.1 Å². The number of piperidine rings is 1. The molecule has 3 rings (SSSR count). The number of rotatable bonds is 7. The highest BCUT2D eigenvalue weighted by molar-refractivity contribution is 6.42. The van der Waals surface area contributed by atoms with Gasteiger partial charge in [0.15, 0.2) is 0 Å². The molecule has 1 N–H and O–H groups in total. The van der Waals surface area contributed by atoms with Crippen molar-refractivity contribution >= 4 is 29.1 Å². The molecule has 1 heterocycles. The van der Waals surface area contributed by atoms with Crippen LogP contribution in [0.4, 0.5) is 26.3 Å². The van der Waals surface area contributed by atoms with Crippen LogP contribution in [0, 0.1) is 5.92 Å². The van der Waals surface area contributed by atoms with Crippen LogP contribution in [0.1, 0.15) is 59.2 Å². The van der Waals surface area contributed by atoms with Gasteiger partial charge in [-0.1, -0.05) is 36.2 Å². The first kappa shape index (κ1) is 28.6. The van der Waals surface area contributed by atoms with E-state index in [4.69, 9.17) is 23.2 Å². The van der Waals surface area contributed by atoms with Crippen molar-refractivity contribution in [2.45, 2.75) is 44.5 Å². The molecule has 0 saturated carbocycles. The first-order valence-electron chi connectivity index (χ1n) is 11.5. The van der Waals surface area contributed by atoms with Crippen LogP contribution >= 0.6 is 23.2 Å². The van der Waals surface area contributed by atoms with Crippen LogP contribution in [0.2, 0.25) is 10.0 Å². The van der Waals surface area contributed by atoms with E-state index in [-0.39, 0.29) is 18.5 Å². The lowest BCUT2D eigenvalue weighted by molar-refractivity contribution is -0.143. The molecule has 0 radical (unpaired) electrons. The summed E-state index contributed by atoms with van der Waals surface area (Å²) in [5.41, 5.74) is -3.03. The molecule has 198 valence electrons. The monoisotopic (exact) mass is 554 g/mol. The summed E-state index contributed by atoms with van der Waals surface area (Å²) in [6, 6.07) is 5.86. The first-order chi connectivity index (χ1) is 16.7. The second-order valence-corrected chi connectivity index (χ2v) is 10.0. The minimum atomic E-state index is -5.04. The molecule has 0 spiro atoms. The van der Waals surface area contributed by atoms with Crippen LogP contribution in [-0.2, 0) is 12.4 Å². The first-order valence-corrected chi connectivity index (χ1v) is 12.2. The maximum absolute atomic E-state index is 13.2. The van der Waals surface area contributed by atoms with E-state index in [0.717, 1.165) is 31.5 Å². The average molecular weight is 555 g/mol. The summed E-state index contributed by atoms with van der Waals surface area (Å²) in [7, 11) is 0. The topological polar surface area (TPSA) is 32.3 Å². The Morgan fingerprint density at radius 1 is 1.03 bits per heavy atom. The van der Waals surface area contributed by atoms with Crippen LogP contribution < -0.4 is 5.32 Å². The van der Waals surface area contributed by atoms with E-state index >= 15 is 0 Å². The van der Waals surface area contributed by atoms with Gasteiger partial charge in [0.25, 0.3) is 5.91 Å². The summed E-state index contributed by atoms with van der Waals surface area (Å²) in [5, 5.41) is 3.17. The molecule has 1 aliphatic rings. The quantitative estimate of drug-likeness (QED) is 0.356. The van der Waals surface area contributed by atoms with E-state index in [2.05, 4.69) is 17.1 Å². The smallest absolute Gasteiger partial charge is 0.351 e. The highest BCUT2D eigenvalue weighted by atomic mass is 35.5. The summed E-state index contributed by atoms with van der Waals surface area (Å²) in [4.78, 5) is 15.0. The molecule has 1 aliphatic heterocycles. The second-order valence-electron chi connectivity index (χ2n) is 9.21. The van der Waals surface area contributed by atoms with Gasteiger partial charge in [-0.15, -0.1) is 0 Å². The number of nitrogens with zero attached hydrogens (tertiary/aromatic N) is 1. The highest BCUT2D eigenvalue weighted by Gasteiger charge is 2.37. The van der Waals surface area contributed by atoms with Crippen molar-refractivity contribution < 1.29 is 31.1 Å². The third-order valence-corrected chi connectivity index (χ3v) is 7.05. The van der Waals surface area contributed by atoms with Gasteiger partial charge in [-0.05, 0) is 74.2 Å². The van der Waals surface area contributed by atoms with E-state index in [0.29, 0.717) is 41.1 Å². The van der Waals surface area contributed by atoms with Gasteiger partial charge in [0.1, 0.15) is 0 Å². The molecule has 2 aromatic rings. The molecule has 2 atom stereocenters. The number of benzene rings is 2. The third-order valence-electron chi connectivity index (χ3n) is 6.31. The van der Waals surface area contributed by atoms with Gasteiger partial charge in [0, 0.05) is 24.6 Å². The van der Waals surface area contributed by atoms with Crippen molar-refractivity contribution in [1.82, 2.24) is 10.2 Å². The van der Waals surface area contributed by atoms with Crippen molar-refractivity contribution in [1.29, 1.82) is 0 Å². The van der Waals surface area contributed by atoms with Crippen LogP contribution in [0.3, 0.4) is 0 Å². The normalized spacial score (nSPS) is 18.2. The minimum absolute atomic E-state index is 0.00220. The van der Waals surface area contributed by atoms with Crippen LogP contribution in [0.15, 0.2) is 36.4 Å². The van der Waals surface area contributed by atoms with Crippen molar-refractivity contribution in [2.24, 2.45) is 5.92 Å². The van der Waals surface area contributed by atoms with Gasteiger partial charge in [-0.3, -0.25) is 4.79 Å². The second kappa shape index (κ2) is 11.6. The maximum atomic E-state index is 13.2. The van der Waals surface area contributed by atoms with E-state index in [1.54, 1.807) is 18.2 Å². The van der Waals surface area contributed by atoms with Gasteiger partial charge in [0.05, 0.1) is 21.2 Å². The third kappa shape index (κ3) is 7.76. The van der Waals surface area contributed by atoms with Crippen LogP contribution in [0.25, 0.3) is 0 Å². The lowest BCUT2D eigenvalue weighted by atomic mass is 9.93. The Morgan fingerprint density at radius 2 is 1.67 bits per heavy atom. The number of halogens is 8. The summed E-state index contributed by atoms with van der Waals surface area (Å²) < 4.78 is 79.1. The van der Waals surface area contributed by atoms with E-state index in [1.807, 2.05) is 0 Å². The van der Waals surface area contributed by atoms with Crippen molar-refractivity contribution in [3.8, 4) is 0 Å². The Kier molecular flexibility index (Phi) is 9.22. The largest absolute Gasteiger partial charge is 0.416 e. The number of carbonyl (C=O) groups excluding carboxylic acids is 1. The van der Waals surface area contributed by atoms with E-state index in [1.165, 1.54) is 0 Å². The fourth-order valence-corrected chi connectivity index (χ4v) is 4.69. The molecule has 1 fully saturated rings. The zero-order valence-corrected chi connectivity index (χ0v) is 21.0. The molecule has 36 heavy (non-hydrogen) atoms. The number of likely N-dealkylation sites (tertiary alicyclic amines) is 1. The average Bonchev–Trinajstić information content (AvgIpc) is 2.79. The van der Waals surface area contributed by atoms with Crippen molar-refractivity contribution in [2.75, 3.05) is 26.2 Å². The minimum Gasteiger partial charge on any atom is -0.351 e. The maximum Gasteiger partial charge on any atom is 0.416 e. The molecule has 11 heteroatoms. The fourth-order valence-electron chi connectivity index (χ4n) is 4.39. The van der Waals surface area contributed by atoms with Crippen LogP contribution in [0.5, 0.6) is 0 Å². The molecule has 1 saturated heterocycles. The predicted molar refractivity (Wildman–Crippen MR) is 127 cm³/mol. The molecule has 0 aromatic heterocycles. The lowest BCUT2D eigenvalue weighted by Crippen LogP contribution is -2.36. The molecule has 1 amide bonds. The van der Waals surface area contributed by atoms with Gasteiger partial charge in [-0.25, -0.2) is 0 Å². The molecule has 2 unspecified atom stereocenters. The molecule has 3 nitrogen and oxygen atoms in total. The van der Waals surface area contributed by atoms with Crippen molar-refractivity contribution in [3.05, 3.63) is 68.7 Å². The molecule has 0 aliphatic carbocycles. The van der Waals surface area contributed by atoms with Crippen molar-refractivity contribution in [3.63, 3.8) is 0 Å². The number of hydrogen-bond donors (Lipinski definition) is 1. The number of carbonyl (C=O) groups is 1. The lowest BCUT2D eigenvalue weighted by Gasteiger charge is -2.32. The summed E-state index contributed by atoms with van der Waals surface area (Å²) in [6.07, 6.45) is -7.25. The molecular formula is C25H26Cl2F6N2O. The number of hydrogen-bond acceptors (Lipinski definition) is 2. The summed E-state index contributed by atoms with van der Waals surface area (Å²) in [6.45, 7) is 4.76. The fraction of sp³-hybridized carbons (Fsp3) is 0.480. The summed E-state index contributed by atoms with van der Waals surface area (Å²) in [5.74, 6) is -0.747. The zero-order valence-electron chi connectivity index (χ0n) is 19.4. The zero-order chi connectivity index (χ0) is 26.7. The Bertz CT molecular complexity index is 1040. The van der Waals surface area contributed by atoms with Gasteiger partial charge in [0.2, 0.25) is 0 Å². The standard InChI is InChI=1S/C25H26Cl2F6N2O/c1-15-3-2-7-35(14-15)8-6-17(16-4-5-21(26)22(27)11-16)13-34-23(36)18-9-19(24(28,29)30)12-20(10-18)25(31,32)33/h4-5,9-12,15,17H,2-3,6-8,13-14H2,1H3,(H,34,36). The number of amides is 1. The number of nitrogens with one attached hydrogen (secondary N) is 1. The molecule has 2 aromatic carbocycles. The molecular weight excluding hydrogens is 529 g/mol. The Morgan fingerprint density at radius 3 is 2.22 bits per heavy atom. The Hall–Kier alpha value is -1.97. The number of alkyl halides is 6. The SMILES string of the molecule is CC1CCCN(CCC(CNC(=O)c2cc(C(F)(F)F)cc(C(F)(F)F)c2)c2ccc(Cl)c(Cl)c2)C1.